The van der Waals surface area contributed by atoms with Crippen molar-refractivity contribution in [2.24, 2.45) is 11.8 Å². The number of hydrogen-bond donors (Lipinski definition) is 1. The summed E-state index contributed by atoms with van der Waals surface area (Å²) in [5.74, 6) is 1.11. The zero-order chi connectivity index (χ0) is 18.6. The monoisotopic (exact) mass is 377 g/mol. The minimum absolute atomic E-state index is 0.277. The van der Waals surface area contributed by atoms with Crippen molar-refractivity contribution in [2.75, 3.05) is 25.2 Å². The first kappa shape index (κ1) is 19.8. The Balaban J connectivity index is 1.93. The van der Waals surface area contributed by atoms with Gasteiger partial charge in [0.2, 0.25) is 0 Å². The van der Waals surface area contributed by atoms with Crippen LogP contribution in [0.2, 0.25) is 5.15 Å². The molecule has 1 aromatic rings. The number of alkyl halides is 3. The van der Waals surface area contributed by atoms with Gasteiger partial charge in [0, 0.05) is 19.4 Å². The molecule has 1 unspecified atom stereocenters. The van der Waals surface area contributed by atoms with Crippen molar-refractivity contribution in [3.8, 4) is 0 Å². The molecular formula is C17H23ClF3N3O. The Morgan fingerprint density at radius 1 is 1.40 bits per heavy atom. The van der Waals surface area contributed by atoms with Gasteiger partial charge >= 0.3 is 6.18 Å². The Morgan fingerprint density at radius 3 is 2.72 bits per heavy atom. The summed E-state index contributed by atoms with van der Waals surface area (Å²) in [5.41, 5.74) is 3.28. The summed E-state index contributed by atoms with van der Waals surface area (Å²) >= 11 is 5.65. The van der Waals surface area contributed by atoms with E-state index in [1.54, 1.807) is 0 Å². The van der Waals surface area contributed by atoms with E-state index in [4.69, 9.17) is 16.3 Å². The molecule has 1 aliphatic heterocycles. The molecule has 0 bridgehead atoms. The summed E-state index contributed by atoms with van der Waals surface area (Å²) in [7, 11) is 0. The minimum atomic E-state index is -4.51. The van der Waals surface area contributed by atoms with Crippen LogP contribution < -0.4 is 5.43 Å². The number of anilines is 1. The van der Waals surface area contributed by atoms with Crippen LogP contribution in [0.1, 0.15) is 32.8 Å². The smallest absolute Gasteiger partial charge is 0.381 e. The van der Waals surface area contributed by atoms with E-state index in [1.807, 2.05) is 11.2 Å². The van der Waals surface area contributed by atoms with Crippen LogP contribution >= 0.6 is 11.6 Å². The van der Waals surface area contributed by atoms with Crippen molar-refractivity contribution in [3.63, 3.8) is 0 Å². The molecule has 140 valence electrons. The fourth-order valence-corrected chi connectivity index (χ4v) is 2.81. The molecule has 2 heterocycles. The van der Waals surface area contributed by atoms with Gasteiger partial charge in [-0.1, -0.05) is 32.4 Å². The summed E-state index contributed by atoms with van der Waals surface area (Å²) in [6.07, 6.45) is -1.72. The first-order valence-electron chi connectivity index (χ1n) is 8.22. The van der Waals surface area contributed by atoms with E-state index < -0.39 is 16.9 Å². The predicted molar refractivity (Wildman–Crippen MR) is 92.1 cm³/mol. The van der Waals surface area contributed by atoms with Crippen molar-refractivity contribution >= 4 is 17.4 Å². The number of hydrazine groups is 1. The van der Waals surface area contributed by atoms with Crippen LogP contribution in [-0.2, 0) is 10.9 Å². The number of nitrogens with zero attached hydrogens (tertiary/aromatic N) is 2. The number of hydrogen-bond acceptors (Lipinski definition) is 4. The third-order valence-electron chi connectivity index (χ3n) is 3.82. The number of aromatic nitrogens is 1. The molecule has 0 spiro atoms. The molecule has 1 aliphatic rings. The molecule has 0 fully saturated rings. The molecule has 0 aromatic carbocycles. The van der Waals surface area contributed by atoms with Crippen molar-refractivity contribution in [2.45, 2.75) is 33.4 Å². The van der Waals surface area contributed by atoms with E-state index in [9.17, 15) is 13.2 Å². The van der Waals surface area contributed by atoms with Gasteiger partial charge in [0.05, 0.1) is 12.2 Å². The van der Waals surface area contributed by atoms with E-state index in [0.717, 1.165) is 19.1 Å². The lowest BCUT2D eigenvalue weighted by atomic mass is 10.0. The quantitative estimate of drug-likeness (QED) is 0.537. The van der Waals surface area contributed by atoms with E-state index in [1.165, 1.54) is 11.6 Å². The Hall–Kier alpha value is -1.47. The van der Waals surface area contributed by atoms with Gasteiger partial charge in [0.25, 0.3) is 0 Å². The number of ether oxygens (including phenoxy) is 1. The number of halogens is 4. The summed E-state index contributed by atoms with van der Waals surface area (Å²) in [6, 6.07) is 2.21. The van der Waals surface area contributed by atoms with Crippen LogP contribution in [0, 0.1) is 11.8 Å². The summed E-state index contributed by atoms with van der Waals surface area (Å²) < 4.78 is 43.7. The SMILES string of the molecule is CC(C)COCCC1=CN(Nc2ccc(C(F)(F)F)c(Cl)n2)CC1C. The standard InChI is InChI=1S/C17H23ClF3N3O/c1-11(2)10-25-7-6-13-9-24(8-12(13)3)23-15-5-4-14(16(18)22-15)17(19,20)21/h4-5,9,11-12H,6-8,10H2,1-3H3,(H,22,23). The lowest BCUT2D eigenvalue weighted by molar-refractivity contribution is -0.137. The van der Waals surface area contributed by atoms with Gasteiger partial charge in [0.1, 0.15) is 11.0 Å². The molecule has 0 amide bonds. The Labute approximate surface area is 151 Å². The first-order valence-corrected chi connectivity index (χ1v) is 8.60. The fraction of sp³-hybridized carbons (Fsp3) is 0.588. The minimum Gasteiger partial charge on any atom is -0.381 e. The highest BCUT2D eigenvalue weighted by Crippen LogP contribution is 2.34. The molecule has 8 heteroatoms. The van der Waals surface area contributed by atoms with Crippen LogP contribution in [0.4, 0.5) is 19.0 Å². The highest BCUT2D eigenvalue weighted by Gasteiger charge is 2.34. The lowest BCUT2D eigenvalue weighted by Crippen LogP contribution is -2.24. The van der Waals surface area contributed by atoms with Gasteiger partial charge in [-0.15, -0.1) is 0 Å². The molecule has 0 aliphatic carbocycles. The molecule has 25 heavy (non-hydrogen) atoms. The zero-order valence-electron chi connectivity index (χ0n) is 14.5. The number of nitrogens with one attached hydrogen (secondary N) is 1. The Kier molecular flexibility index (Phi) is 6.57. The van der Waals surface area contributed by atoms with Gasteiger partial charge in [-0.25, -0.2) is 4.98 Å². The molecule has 1 atom stereocenters. The third kappa shape index (κ3) is 5.78. The van der Waals surface area contributed by atoms with Gasteiger partial charge < -0.3 is 4.74 Å². The largest absolute Gasteiger partial charge is 0.419 e. The molecule has 4 nitrogen and oxygen atoms in total. The highest BCUT2D eigenvalue weighted by atomic mass is 35.5. The van der Waals surface area contributed by atoms with E-state index in [2.05, 4.69) is 31.2 Å². The molecule has 0 radical (unpaired) electrons. The van der Waals surface area contributed by atoms with Gasteiger partial charge in [-0.2, -0.15) is 13.2 Å². The average molecular weight is 378 g/mol. The average Bonchev–Trinajstić information content (AvgIpc) is 2.82. The molecular weight excluding hydrogens is 355 g/mol. The van der Waals surface area contributed by atoms with Gasteiger partial charge in [0.15, 0.2) is 0 Å². The molecule has 0 saturated carbocycles. The predicted octanol–water partition coefficient (Wildman–Crippen LogP) is 4.98. The van der Waals surface area contributed by atoms with Crippen molar-refractivity contribution in [3.05, 3.63) is 34.6 Å². The molecule has 1 N–H and O–H groups in total. The van der Waals surface area contributed by atoms with Crippen LogP contribution in [0.5, 0.6) is 0 Å². The third-order valence-corrected chi connectivity index (χ3v) is 4.11. The lowest BCUT2D eigenvalue weighted by Gasteiger charge is -2.19. The second-order valence-electron chi connectivity index (χ2n) is 6.62. The van der Waals surface area contributed by atoms with Crippen molar-refractivity contribution in [1.29, 1.82) is 0 Å². The van der Waals surface area contributed by atoms with Gasteiger partial charge in [-0.05, 0) is 36.0 Å². The summed E-state index contributed by atoms with van der Waals surface area (Å²) in [4.78, 5) is 3.79. The molecule has 1 aromatic heterocycles. The number of rotatable bonds is 7. The Bertz CT molecular complexity index is 620. The summed E-state index contributed by atoms with van der Waals surface area (Å²) in [6.45, 7) is 8.41. The first-order chi connectivity index (χ1) is 11.7. The Morgan fingerprint density at radius 2 is 2.12 bits per heavy atom. The van der Waals surface area contributed by atoms with E-state index in [0.29, 0.717) is 25.0 Å². The van der Waals surface area contributed by atoms with Crippen LogP contribution in [-0.4, -0.2) is 29.8 Å². The maximum atomic E-state index is 12.7. The van der Waals surface area contributed by atoms with Gasteiger partial charge in [-0.3, -0.25) is 10.4 Å². The second-order valence-corrected chi connectivity index (χ2v) is 6.98. The zero-order valence-corrected chi connectivity index (χ0v) is 15.3. The molecule has 2 rings (SSSR count). The van der Waals surface area contributed by atoms with Crippen molar-refractivity contribution < 1.29 is 17.9 Å². The normalized spacial score (nSPS) is 18.0. The topological polar surface area (TPSA) is 37.4 Å². The van der Waals surface area contributed by atoms with E-state index >= 15 is 0 Å². The van der Waals surface area contributed by atoms with Crippen LogP contribution in [0.3, 0.4) is 0 Å². The van der Waals surface area contributed by atoms with Crippen LogP contribution in [0.15, 0.2) is 23.9 Å². The van der Waals surface area contributed by atoms with Crippen molar-refractivity contribution in [1.82, 2.24) is 9.99 Å². The molecule has 0 saturated heterocycles. The second kappa shape index (κ2) is 8.27. The van der Waals surface area contributed by atoms with Crippen LogP contribution in [0.25, 0.3) is 0 Å². The maximum absolute atomic E-state index is 12.7. The highest BCUT2D eigenvalue weighted by molar-refractivity contribution is 6.30. The summed E-state index contributed by atoms with van der Waals surface area (Å²) in [5, 5.41) is 1.25. The van der Waals surface area contributed by atoms with E-state index in [-0.39, 0.29) is 5.82 Å². The number of pyridine rings is 1. The fourth-order valence-electron chi connectivity index (χ4n) is 2.55. The maximum Gasteiger partial charge on any atom is 0.419 e.